The number of hydrogen-bond donors (Lipinski definition) is 0. The molecule has 1 aliphatic rings. The fraction of sp³-hybridized carbons (Fsp3) is 1.00. The van der Waals surface area contributed by atoms with E-state index in [0.717, 1.165) is 0 Å². The Bertz CT molecular complexity index is 257. The van der Waals surface area contributed by atoms with Crippen molar-refractivity contribution < 1.29 is 0 Å². The van der Waals surface area contributed by atoms with Gasteiger partial charge in [-0.15, -0.1) is 0 Å². The summed E-state index contributed by atoms with van der Waals surface area (Å²) in [7, 11) is 0. The van der Waals surface area contributed by atoms with E-state index >= 15 is 0 Å². The van der Waals surface area contributed by atoms with Gasteiger partial charge < -0.3 is 4.90 Å². The van der Waals surface area contributed by atoms with Crippen LogP contribution in [0.25, 0.3) is 0 Å². The van der Waals surface area contributed by atoms with E-state index in [-0.39, 0.29) is 5.54 Å². The van der Waals surface area contributed by atoms with Gasteiger partial charge in [-0.1, -0.05) is 13.3 Å². The molecule has 0 atom stereocenters. The van der Waals surface area contributed by atoms with Gasteiger partial charge in [-0.3, -0.25) is 9.80 Å². The molecule has 0 aromatic carbocycles. The highest BCUT2D eigenvalue weighted by atomic mass is 15.3. The van der Waals surface area contributed by atoms with Gasteiger partial charge in [0.1, 0.15) is 0 Å². The molecule has 0 unspecified atom stereocenters. The molecule has 3 nitrogen and oxygen atoms in total. The Labute approximate surface area is 127 Å². The predicted molar refractivity (Wildman–Crippen MR) is 89.4 cm³/mol. The van der Waals surface area contributed by atoms with Crippen LogP contribution in [0.15, 0.2) is 0 Å². The second kappa shape index (κ2) is 8.35. The highest BCUT2D eigenvalue weighted by Gasteiger charge is 2.24. The molecule has 20 heavy (non-hydrogen) atoms. The van der Waals surface area contributed by atoms with Gasteiger partial charge in [-0.05, 0) is 47.6 Å². The molecule has 1 aliphatic heterocycles. The summed E-state index contributed by atoms with van der Waals surface area (Å²) in [6.45, 7) is 22.5. The highest BCUT2D eigenvalue weighted by molar-refractivity contribution is 4.81. The average molecular weight is 284 g/mol. The molecule has 1 heterocycles. The SMILES string of the molecule is CCCCN1CCN(C(C)C)CCN(C(C)(C)C)CC1. The van der Waals surface area contributed by atoms with Crippen LogP contribution in [0.5, 0.6) is 0 Å². The van der Waals surface area contributed by atoms with E-state index in [4.69, 9.17) is 0 Å². The minimum atomic E-state index is 0.281. The van der Waals surface area contributed by atoms with E-state index in [9.17, 15) is 0 Å². The molecule has 120 valence electrons. The molecule has 0 spiro atoms. The summed E-state index contributed by atoms with van der Waals surface area (Å²) in [4.78, 5) is 7.97. The first-order chi connectivity index (χ1) is 9.34. The second-order valence-corrected chi connectivity index (χ2v) is 7.48. The number of nitrogens with zero attached hydrogens (tertiary/aromatic N) is 3. The standard InChI is InChI=1S/C17H37N3/c1-7-8-9-18-10-12-19(16(2)3)13-15-20(14-11-18)17(4,5)6/h16H,7-15H2,1-6H3. The van der Waals surface area contributed by atoms with Crippen LogP contribution in [0.2, 0.25) is 0 Å². The maximum absolute atomic E-state index is 2.67. The zero-order valence-electron chi connectivity index (χ0n) is 14.8. The first kappa shape index (κ1) is 17.9. The van der Waals surface area contributed by atoms with Crippen molar-refractivity contribution >= 4 is 0 Å². The summed E-state index contributed by atoms with van der Waals surface area (Å²) < 4.78 is 0. The molecule has 1 rings (SSSR count). The Morgan fingerprint density at radius 3 is 2.00 bits per heavy atom. The summed E-state index contributed by atoms with van der Waals surface area (Å²) in [5, 5.41) is 0. The van der Waals surface area contributed by atoms with Gasteiger partial charge in [0.2, 0.25) is 0 Å². The largest absolute Gasteiger partial charge is 0.301 e. The fourth-order valence-corrected chi connectivity index (χ4v) is 2.91. The lowest BCUT2D eigenvalue weighted by molar-refractivity contribution is 0.111. The maximum atomic E-state index is 2.67. The Balaban J connectivity index is 2.68. The Morgan fingerprint density at radius 1 is 0.900 bits per heavy atom. The lowest BCUT2D eigenvalue weighted by atomic mass is 10.1. The van der Waals surface area contributed by atoms with Gasteiger partial charge >= 0.3 is 0 Å². The molecular weight excluding hydrogens is 246 g/mol. The highest BCUT2D eigenvalue weighted by Crippen LogP contribution is 2.15. The summed E-state index contributed by atoms with van der Waals surface area (Å²) in [6, 6.07) is 0.656. The van der Waals surface area contributed by atoms with Gasteiger partial charge in [-0.2, -0.15) is 0 Å². The third kappa shape index (κ3) is 6.11. The monoisotopic (exact) mass is 283 g/mol. The van der Waals surface area contributed by atoms with Crippen molar-refractivity contribution in [2.24, 2.45) is 0 Å². The van der Waals surface area contributed by atoms with Gasteiger partial charge in [0.25, 0.3) is 0 Å². The molecule has 0 amide bonds. The smallest absolute Gasteiger partial charge is 0.0126 e. The van der Waals surface area contributed by atoms with Crippen LogP contribution in [0.4, 0.5) is 0 Å². The minimum absolute atomic E-state index is 0.281. The molecule has 0 aliphatic carbocycles. The topological polar surface area (TPSA) is 9.72 Å². The maximum Gasteiger partial charge on any atom is 0.0126 e. The van der Waals surface area contributed by atoms with E-state index in [1.165, 1.54) is 58.7 Å². The molecule has 0 aromatic heterocycles. The van der Waals surface area contributed by atoms with Crippen LogP contribution in [-0.2, 0) is 0 Å². The molecule has 3 heteroatoms. The van der Waals surface area contributed by atoms with Gasteiger partial charge in [0.05, 0.1) is 0 Å². The van der Waals surface area contributed by atoms with Gasteiger partial charge in [-0.25, -0.2) is 0 Å². The van der Waals surface area contributed by atoms with E-state index in [0.29, 0.717) is 6.04 Å². The molecular formula is C17H37N3. The first-order valence-electron chi connectivity index (χ1n) is 8.56. The number of rotatable bonds is 4. The van der Waals surface area contributed by atoms with Crippen molar-refractivity contribution in [3.05, 3.63) is 0 Å². The minimum Gasteiger partial charge on any atom is -0.301 e. The van der Waals surface area contributed by atoms with Crippen LogP contribution < -0.4 is 0 Å². The molecule has 0 aromatic rings. The summed E-state index contributed by atoms with van der Waals surface area (Å²) in [5.41, 5.74) is 0.281. The number of unbranched alkanes of at least 4 members (excludes halogenated alkanes) is 1. The molecule has 0 radical (unpaired) electrons. The summed E-state index contributed by atoms with van der Waals surface area (Å²) in [6.07, 6.45) is 2.63. The lowest BCUT2D eigenvalue weighted by Crippen LogP contribution is -2.47. The second-order valence-electron chi connectivity index (χ2n) is 7.48. The van der Waals surface area contributed by atoms with Crippen LogP contribution >= 0.6 is 0 Å². The molecule has 0 bridgehead atoms. The van der Waals surface area contributed by atoms with Gasteiger partial charge in [0, 0.05) is 50.8 Å². The van der Waals surface area contributed by atoms with Crippen molar-refractivity contribution in [2.75, 3.05) is 45.8 Å². The molecule has 1 saturated heterocycles. The van der Waals surface area contributed by atoms with Crippen molar-refractivity contribution in [3.63, 3.8) is 0 Å². The average Bonchev–Trinajstić information content (AvgIpc) is 2.45. The van der Waals surface area contributed by atoms with Crippen molar-refractivity contribution in [2.45, 2.75) is 66.0 Å². The Hall–Kier alpha value is -0.120. The first-order valence-corrected chi connectivity index (χ1v) is 8.56. The van der Waals surface area contributed by atoms with E-state index in [1.807, 2.05) is 0 Å². The third-order valence-electron chi connectivity index (χ3n) is 4.55. The van der Waals surface area contributed by atoms with Crippen LogP contribution in [0.3, 0.4) is 0 Å². The van der Waals surface area contributed by atoms with E-state index in [1.54, 1.807) is 0 Å². The normalized spacial score (nSPS) is 21.8. The predicted octanol–water partition coefficient (Wildman–Crippen LogP) is 2.91. The molecule has 0 N–H and O–H groups in total. The van der Waals surface area contributed by atoms with Crippen LogP contribution in [0.1, 0.15) is 54.4 Å². The number of hydrogen-bond acceptors (Lipinski definition) is 3. The van der Waals surface area contributed by atoms with Crippen molar-refractivity contribution in [1.82, 2.24) is 14.7 Å². The molecule has 1 fully saturated rings. The Morgan fingerprint density at radius 2 is 1.45 bits per heavy atom. The van der Waals surface area contributed by atoms with Crippen LogP contribution in [0, 0.1) is 0 Å². The zero-order valence-corrected chi connectivity index (χ0v) is 14.8. The quantitative estimate of drug-likeness (QED) is 0.785. The van der Waals surface area contributed by atoms with Crippen molar-refractivity contribution in [3.8, 4) is 0 Å². The summed E-state index contributed by atoms with van der Waals surface area (Å²) >= 11 is 0. The van der Waals surface area contributed by atoms with Crippen molar-refractivity contribution in [1.29, 1.82) is 0 Å². The van der Waals surface area contributed by atoms with Crippen LogP contribution in [-0.4, -0.2) is 72.1 Å². The van der Waals surface area contributed by atoms with E-state index in [2.05, 4.69) is 56.2 Å². The zero-order chi connectivity index (χ0) is 15.2. The molecule has 0 saturated carbocycles. The lowest BCUT2D eigenvalue weighted by Gasteiger charge is -2.37. The van der Waals surface area contributed by atoms with E-state index < -0.39 is 0 Å². The Kier molecular flexibility index (Phi) is 7.49. The third-order valence-corrected chi connectivity index (χ3v) is 4.55. The summed E-state index contributed by atoms with van der Waals surface area (Å²) in [5.74, 6) is 0. The van der Waals surface area contributed by atoms with Gasteiger partial charge in [0.15, 0.2) is 0 Å². The fourth-order valence-electron chi connectivity index (χ4n) is 2.91.